The predicted octanol–water partition coefficient (Wildman–Crippen LogP) is 5.27. The lowest BCUT2D eigenvalue weighted by atomic mass is 9.70. The van der Waals surface area contributed by atoms with E-state index in [9.17, 15) is 0 Å². The van der Waals surface area contributed by atoms with Gasteiger partial charge in [-0.1, -0.05) is 31.1 Å². The lowest BCUT2D eigenvalue weighted by Crippen LogP contribution is -2.31. The van der Waals surface area contributed by atoms with Gasteiger partial charge in [0.1, 0.15) is 0 Å². The van der Waals surface area contributed by atoms with E-state index < -0.39 is 0 Å². The fraction of sp³-hybridized carbons (Fsp3) is 0.682. The molecule has 3 heterocycles. The number of rotatable bonds is 4. The number of hydrogen-bond acceptors (Lipinski definition) is 2. The molecule has 2 saturated heterocycles. The first-order valence-electron chi connectivity index (χ1n) is 9.97. The van der Waals surface area contributed by atoms with Crippen LogP contribution >= 0.6 is 0 Å². The van der Waals surface area contributed by atoms with E-state index in [0.717, 1.165) is 32.0 Å². The Kier molecular flexibility index (Phi) is 4.76. The van der Waals surface area contributed by atoms with Gasteiger partial charge in [-0.05, 0) is 80.4 Å². The molecule has 0 aromatic heterocycles. The number of dihydropyridines is 1. The molecule has 2 heteroatoms. The minimum atomic E-state index is 0.384. The van der Waals surface area contributed by atoms with Gasteiger partial charge in [0.25, 0.3) is 0 Å². The SMILES string of the molecule is CCCCC1=NC2CC(=C1)C=C(C)C=C2C1CC2CCC1COC2. The molecule has 0 aromatic carbocycles. The summed E-state index contributed by atoms with van der Waals surface area (Å²) in [5.41, 5.74) is 5.84. The Labute approximate surface area is 146 Å². The summed E-state index contributed by atoms with van der Waals surface area (Å²) in [6.07, 6.45) is 16.0. The highest BCUT2D eigenvalue weighted by molar-refractivity contribution is 5.97. The molecule has 5 aliphatic rings. The minimum absolute atomic E-state index is 0.384. The standard InChI is InChI=1S/C22H31NO/c1-3-4-5-19-10-17-8-15(2)9-21(22(12-17)23-19)20-11-16-6-7-18(20)14-24-13-16/h8-10,16,18,20,22H,3-7,11-14H2,1-2H3. The van der Waals surface area contributed by atoms with Crippen molar-refractivity contribution in [3.63, 3.8) is 0 Å². The van der Waals surface area contributed by atoms with Crippen molar-refractivity contribution in [2.75, 3.05) is 13.2 Å². The molecule has 0 N–H and O–H groups in total. The molecule has 4 atom stereocenters. The highest BCUT2D eigenvalue weighted by Gasteiger charge is 2.38. The van der Waals surface area contributed by atoms with Gasteiger partial charge < -0.3 is 4.74 Å². The van der Waals surface area contributed by atoms with Gasteiger partial charge >= 0.3 is 0 Å². The topological polar surface area (TPSA) is 21.6 Å². The summed E-state index contributed by atoms with van der Waals surface area (Å²) >= 11 is 0. The van der Waals surface area contributed by atoms with E-state index in [2.05, 4.69) is 32.1 Å². The first-order valence-corrected chi connectivity index (χ1v) is 9.97. The molecule has 1 saturated carbocycles. The first-order chi connectivity index (χ1) is 11.7. The Bertz CT molecular complexity index is 605. The number of hydrogen-bond donors (Lipinski definition) is 0. The highest BCUT2D eigenvalue weighted by Crippen LogP contribution is 2.45. The van der Waals surface area contributed by atoms with Crippen molar-refractivity contribution >= 4 is 5.71 Å². The lowest BCUT2D eigenvalue weighted by Gasteiger charge is -2.36. The van der Waals surface area contributed by atoms with E-state index in [-0.39, 0.29) is 0 Å². The van der Waals surface area contributed by atoms with Crippen molar-refractivity contribution in [1.82, 2.24) is 0 Å². The molecule has 3 fully saturated rings. The summed E-state index contributed by atoms with van der Waals surface area (Å²) in [4.78, 5) is 5.20. The molecular formula is C22H31NO. The van der Waals surface area contributed by atoms with E-state index in [4.69, 9.17) is 9.73 Å². The van der Waals surface area contributed by atoms with Crippen molar-refractivity contribution in [2.45, 2.75) is 64.8 Å². The van der Waals surface area contributed by atoms with E-state index >= 15 is 0 Å². The molecule has 4 bridgehead atoms. The van der Waals surface area contributed by atoms with Crippen LogP contribution in [0.2, 0.25) is 0 Å². The van der Waals surface area contributed by atoms with Crippen LogP contribution in [0.1, 0.15) is 58.8 Å². The van der Waals surface area contributed by atoms with Crippen molar-refractivity contribution in [3.05, 3.63) is 34.9 Å². The number of fused-ring (bicyclic) bond motifs is 6. The van der Waals surface area contributed by atoms with Crippen LogP contribution in [0.25, 0.3) is 0 Å². The van der Waals surface area contributed by atoms with Crippen LogP contribution in [-0.4, -0.2) is 25.0 Å². The Morgan fingerprint density at radius 1 is 1.17 bits per heavy atom. The van der Waals surface area contributed by atoms with E-state index in [1.165, 1.54) is 49.0 Å². The first kappa shape index (κ1) is 16.3. The molecule has 0 aromatic rings. The molecule has 4 unspecified atom stereocenters. The minimum Gasteiger partial charge on any atom is -0.381 e. The summed E-state index contributed by atoms with van der Waals surface area (Å²) in [5.74, 6) is 2.17. The predicted molar refractivity (Wildman–Crippen MR) is 100 cm³/mol. The van der Waals surface area contributed by atoms with Crippen LogP contribution < -0.4 is 0 Å². The fourth-order valence-corrected chi connectivity index (χ4v) is 5.08. The zero-order valence-corrected chi connectivity index (χ0v) is 15.3. The van der Waals surface area contributed by atoms with Gasteiger partial charge in [-0.2, -0.15) is 0 Å². The largest absolute Gasteiger partial charge is 0.381 e. The average molecular weight is 325 g/mol. The number of aliphatic imine (C=N–C) groups is 1. The normalized spacial score (nSPS) is 35.4. The van der Waals surface area contributed by atoms with Crippen LogP contribution in [0, 0.1) is 17.8 Å². The van der Waals surface area contributed by atoms with E-state index in [0.29, 0.717) is 17.9 Å². The smallest absolute Gasteiger partial charge is 0.0758 e. The quantitative estimate of drug-likeness (QED) is 0.690. The second kappa shape index (κ2) is 7.00. The number of unbranched alkanes of at least 4 members (excludes halogenated alkanes) is 1. The second-order valence-corrected chi connectivity index (χ2v) is 8.28. The zero-order valence-electron chi connectivity index (χ0n) is 15.3. The van der Waals surface area contributed by atoms with Gasteiger partial charge in [-0.15, -0.1) is 0 Å². The van der Waals surface area contributed by atoms with Crippen molar-refractivity contribution in [3.8, 4) is 0 Å². The molecule has 3 aliphatic heterocycles. The van der Waals surface area contributed by atoms with Gasteiger partial charge in [-0.25, -0.2) is 0 Å². The maximum atomic E-state index is 5.95. The van der Waals surface area contributed by atoms with Crippen LogP contribution in [0.15, 0.2) is 39.9 Å². The molecule has 0 spiro atoms. The van der Waals surface area contributed by atoms with Gasteiger partial charge in [0.2, 0.25) is 0 Å². The zero-order chi connectivity index (χ0) is 16.5. The second-order valence-electron chi connectivity index (χ2n) is 8.28. The van der Waals surface area contributed by atoms with Crippen LogP contribution in [-0.2, 0) is 4.74 Å². The average Bonchev–Trinajstić information content (AvgIpc) is 2.97. The summed E-state index contributed by atoms with van der Waals surface area (Å²) in [6.45, 7) is 6.47. The summed E-state index contributed by atoms with van der Waals surface area (Å²) in [5, 5.41) is 0. The van der Waals surface area contributed by atoms with Gasteiger partial charge in [0.15, 0.2) is 0 Å². The van der Waals surface area contributed by atoms with Gasteiger partial charge in [0.05, 0.1) is 6.04 Å². The maximum absolute atomic E-state index is 5.95. The molecule has 130 valence electrons. The molecule has 2 nitrogen and oxygen atoms in total. The fourth-order valence-electron chi connectivity index (χ4n) is 5.08. The lowest BCUT2D eigenvalue weighted by molar-refractivity contribution is 0.111. The van der Waals surface area contributed by atoms with Crippen molar-refractivity contribution in [1.29, 1.82) is 0 Å². The van der Waals surface area contributed by atoms with Gasteiger partial charge in [-0.3, -0.25) is 4.99 Å². The van der Waals surface area contributed by atoms with Crippen molar-refractivity contribution < 1.29 is 4.74 Å². The van der Waals surface area contributed by atoms with Crippen LogP contribution in [0.4, 0.5) is 0 Å². The summed E-state index contributed by atoms with van der Waals surface area (Å²) < 4.78 is 5.95. The van der Waals surface area contributed by atoms with E-state index in [1.807, 2.05) is 0 Å². The third-order valence-corrected chi connectivity index (χ3v) is 6.30. The molecular weight excluding hydrogens is 294 g/mol. The van der Waals surface area contributed by atoms with E-state index in [1.54, 1.807) is 5.57 Å². The summed E-state index contributed by atoms with van der Waals surface area (Å²) in [6, 6.07) is 0.384. The molecule has 24 heavy (non-hydrogen) atoms. The Morgan fingerprint density at radius 3 is 2.96 bits per heavy atom. The third kappa shape index (κ3) is 3.31. The molecule has 0 radical (unpaired) electrons. The number of allylic oxidation sites excluding steroid dienone is 4. The van der Waals surface area contributed by atoms with Crippen molar-refractivity contribution in [2.24, 2.45) is 22.7 Å². The molecule has 5 rings (SSSR count). The number of nitrogens with zero attached hydrogens (tertiary/aromatic N) is 1. The Hall–Kier alpha value is -1.15. The van der Waals surface area contributed by atoms with Gasteiger partial charge in [0, 0.05) is 18.9 Å². The van der Waals surface area contributed by atoms with Crippen LogP contribution in [0.3, 0.4) is 0 Å². The maximum Gasteiger partial charge on any atom is 0.0758 e. The number of ether oxygens (including phenoxy) is 1. The monoisotopic (exact) mass is 325 g/mol. The Balaban J connectivity index is 1.64. The molecule has 2 aliphatic carbocycles. The third-order valence-electron chi connectivity index (χ3n) is 6.30. The van der Waals surface area contributed by atoms with Crippen LogP contribution in [0.5, 0.6) is 0 Å². The Morgan fingerprint density at radius 2 is 2.08 bits per heavy atom. The summed E-state index contributed by atoms with van der Waals surface area (Å²) in [7, 11) is 0. The molecule has 0 amide bonds. The highest BCUT2D eigenvalue weighted by atomic mass is 16.5.